The number of piperidine rings is 1. The molecule has 0 saturated carbocycles. The first kappa shape index (κ1) is 17.5. The summed E-state index contributed by atoms with van der Waals surface area (Å²) in [6, 6.07) is 14.8. The Morgan fingerprint density at radius 1 is 0.926 bits per heavy atom. The van der Waals surface area contributed by atoms with E-state index in [1.54, 1.807) is 24.3 Å². The monoisotopic (exact) mass is 362 g/mol. The maximum absolute atomic E-state index is 12.6. The molecule has 138 valence electrons. The molecule has 0 bridgehead atoms. The van der Waals surface area contributed by atoms with E-state index in [0.717, 1.165) is 5.56 Å². The first-order valence-corrected chi connectivity index (χ1v) is 9.35. The fourth-order valence-corrected chi connectivity index (χ4v) is 3.91. The molecule has 3 amide bonds. The molecule has 5 heteroatoms. The van der Waals surface area contributed by atoms with Gasteiger partial charge in [-0.1, -0.05) is 42.0 Å². The largest absolute Gasteiger partial charge is 0.342 e. The van der Waals surface area contributed by atoms with Crippen LogP contribution in [-0.2, 0) is 11.2 Å². The topological polar surface area (TPSA) is 57.7 Å². The van der Waals surface area contributed by atoms with Crippen LogP contribution in [-0.4, -0.2) is 46.7 Å². The molecular formula is C22H22N2O3. The van der Waals surface area contributed by atoms with Gasteiger partial charge in [0.2, 0.25) is 5.91 Å². The van der Waals surface area contributed by atoms with Crippen LogP contribution < -0.4 is 0 Å². The SMILES string of the molecule is Cc1ccc(CC(=O)N2CCC(N3C(=O)c4ccccc4C3=O)CC2)cc1. The molecule has 5 nitrogen and oxygen atoms in total. The Labute approximate surface area is 158 Å². The van der Waals surface area contributed by atoms with Crippen molar-refractivity contribution in [2.24, 2.45) is 0 Å². The number of hydrogen-bond donors (Lipinski definition) is 0. The minimum Gasteiger partial charge on any atom is -0.342 e. The molecule has 4 rings (SSSR count). The number of carbonyl (C=O) groups excluding carboxylic acids is 3. The highest BCUT2D eigenvalue weighted by molar-refractivity contribution is 6.21. The maximum atomic E-state index is 12.6. The lowest BCUT2D eigenvalue weighted by molar-refractivity contribution is -0.131. The summed E-state index contributed by atoms with van der Waals surface area (Å²) in [4.78, 5) is 41.0. The van der Waals surface area contributed by atoms with Crippen LogP contribution in [0.15, 0.2) is 48.5 Å². The molecule has 0 spiro atoms. The van der Waals surface area contributed by atoms with Crippen molar-refractivity contribution < 1.29 is 14.4 Å². The van der Waals surface area contributed by atoms with Gasteiger partial charge in [0.15, 0.2) is 0 Å². The Bertz CT molecular complexity index is 861. The zero-order valence-electron chi connectivity index (χ0n) is 15.4. The molecule has 1 fully saturated rings. The van der Waals surface area contributed by atoms with Crippen molar-refractivity contribution in [1.29, 1.82) is 0 Å². The summed E-state index contributed by atoms with van der Waals surface area (Å²) in [6.07, 6.45) is 1.65. The standard InChI is InChI=1S/C22H22N2O3/c1-15-6-8-16(9-7-15)14-20(25)23-12-10-17(11-13-23)24-21(26)18-4-2-3-5-19(18)22(24)27/h2-9,17H,10-14H2,1H3. The van der Waals surface area contributed by atoms with Gasteiger partial charge in [-0.25, -0.2) is 0 Å². The molecule has 2 aromatic rings. The van der Waals surface area contributed by atoms with Gasteiger partial charge < -0.3 is 4.90 Å². The Hall–Kier alpha value is -2.95. The summed E-state index contributed by atoms with van der Waals surface area (Å²) in [5, 5.41) is 0. The van der Waals surface area contributed by atoms with Gasteiger partial charge in [0.25, 0.3) is 11.8 Å². The molecule has 0 unspecified atom stereocenters. The molecule has 1 saturated heterocycles. The van der Waals surface area contributed by atoms with Crippen LogP contribution in [0.4, 0.5) is 0 Å². The molecule has 0 radical (unpaired) electrons. The Morgan fingerprint density at radius 2 is 1.48 bits per heavy atom. The lowest BCUT2D eigenvalue weighted by Gasteiger charge is -2.35. The molecule has 2 aliphatic heterocycles. The van der Waals surface area contributed by atoms with Crippen molar-refractivity contribution in [3.63, 3.8) is 0 Å². The molecule has 2 aliphatic rings. The lowest BCUT2D eigenvalue weighted by atomic mass is 10.0. The van der Waals surface area contributed by atoms with Crippen molar-refractivity contribution in [1.82, 2.24) is 9.80 Å². The minimum atomic E-state index is -0.208. The third-order valence-corrected chi connectivity index (χ3v) is 5.48. The first-order valence-electron chi connectivity index (χ1n) is 9.35. The number of nitrogens with zero attached hydrogens (tertiary/aromatic N) is 2. The third-order valence-electron chi connectivity index (χ3n) is 5.48. The highest BCUT2D eigenvalue weighted by atomic mass is 16.2. The number of amides is 3. The second-order valence-corrected chi connectivity index (χ2v) is 7.30. The van der Waals surface area contributed by atoms with Crippen molar-refractivity contribution >= 4 is 17.7 Å². The van der Waals surface area contributed by atoms with E-state index in [2.05, 4.69) is 0 Å². The summed E-state index contributed by atoms with van der Waals surface area (Å²) in [7, 11) is 0. The van der Waals surface area contributed by atoms with E-state index in [-0.39, 0.29) is 23.8 Å². The maximum Gasteiger partial charge on any atom is 0.261 e. The number of hydrogen-bond acceptors (Lipinski definition) is 3. The number of aryl methyl sites for hydroxylation is 1. The molecule has 2 aromatic carbocycles. The smallest absolute Gasteiger partial charge is 0.261 e. The van der Waals surface area contributed by atoms with Crippen molar-refractivity contribution in [3.05, 3.63) is 70.8 Å². The van der Waals surface area contributed by atoms with Crippen molar-refractivity contribution in [3.8, 4) is 0 Å². The highest BCUT2D eigenvalue weighted by Gasteiger charge is 2.40. The second-order valence-electron chi connectivity index (χ2n) is 7.30. The fraction of sp³-hybridized carbons (Fsp3) is 0.318. The van der Waals surface area contributed by atoms with Gasteiger partial charge in [0.1, 0.15) is 0 Å². The molecule has 27 heavy (non-hydrogen) atoms. The minimum absolute atomic E-state index is 0.0969. The summed E-state index contributed by atoms with van der Waals surface area (Å²) in [5.41, 5.74) is 3.15. The Kier molecular flexibility index (Phi) is 4.52. The quantitative estimate of drug-likeness (QED) is 0.789. The predicted octanol–water partition coefficient (Wildman–Crippen LogP) is 2.82. The highest BCUT2D eigenvalue weighted by Crippen LogP contribution is 2.28. The Balaban J connectivity index is 1.38. The third kappa shape index (κ3) is 3.25. The van der Waals surface area contributed by atoms with Crippen molar-refractivity contribution in [2.75, 3.05) is 13.1 Å². The van der Waals surface area contributed by atoms with Gasteiger partial charge in [-0.3, -0.25) is 19.3 Å². The van der Waals surface area contributed by atoms with Crippen LogP contribution in [0.2, 0.25) is 0 Å². The number of likely N-dealkylation sites (tertiary alicyclic amines) is 1. The number of carbonyl (C=O) groups is 3. The van der Waals surface area contributed by atoms with E-state index in [4.69, 9.17) is 0 Å². The van der Waals surface area contributed by atoms with Gasteiger partial charge in [-0.15, -0.1) is 0 Å². The number of benzene rings is 2. The lowest BCUT2D eigenvalue weighted by Crippen LogP contribution is -2.49. The molecular weight excluding hydrogens is 340 g/mol. The molecule has 0 aliphatic carbocycles. The average molecular weight is 362 g/mol. The fourth-order valence-electron chi connectivity index (χ4n) is 3.91. The summed E-state index contributed by atoms with van der Waals surface area (Å²) < 4.78 is 0. The average Bonchev–Trinajstić information content (AvgIpc) is 2.95. The van der Waals surface area contributed by atoms with E-state index < -0.39 is 0 Å². The van der Waals surface area contributed by atoms with Crippen LogP contribution in [0, 0.1) is 6.92 Å². The summed E-state index contributed by atoms with van der Waals surface area (Å²) >= 11 is 0. The second kappa shape index (κ2) is 6.99. The molecule has 0 atom stereocenters. The molecule has 0 aromatic heterocycles. The molecule has 2 heterocycles. The van der Waals surface area contributed by atoms with Crippen LogP contribution in [0.5, 0.6) is 0 Å². The van der Waals surface area contributed by atoms with Crippen LogP contribution in [0.25, 0.3) is 0 Å². The van der Waals surface area contributed by atoms with Crippen LogP contribution in [0.3, 0.4) is 0 Å². The summed E-state index contributed by atoms with van der Waals surface area (Å²) in [5.74, 6) is -0.320. The van der Waals surface area contributed by atoms with Gasteiger partial charge in [0.05, 0.1) is 17.5 Å². The van der Waals surface area contributed by atoms with Crippen LogP contribution >= 0.6 is 0 Å². The number of fused-ring (bicyclic) bond motifs is 1. The van der Waals surface area contributed by atoms with E-state index >= 15 is 0 Å². The van der Waals surface area contributed by atoms with Gasteiger partial charge in [-0.05, 0) is 37.5 Å². The van der Waals surface area contributed by atoms with Gasteiger partial charge in [-0.2, -0.15) is 0 Å². The van der Waals surface area contributed by atoms with Crippen molar-refractivity contribution in [2.45, 2.75) is 32.2 Å². The summed E-state index contributed by atoms with van der Waals surface area (Å²) in [6.45, 7) is 3.17. The Morgan fingerprint density at radius 3 is 2.04 bits per heavy atom. The molecule has 0 N–H and O–H groups in total. The van der Waals surface area contributed by atoms with E-state index in [0.29, 0.717) is 43.5 Å². The zero-order valence-corrected chi connectivity index (χ0v) is 15.4. The van der Waals surface area contributed by atoms with E-state index in [1.807, 2.05) is 36.1 Å². The van der Waals surface area contributed by atoms with E-state index in [1.165, 1.54) is 10.5 Å². The first-order chi connectivity index (χ1) is 13.0. The number of rotatable bonds is 3. The number of imide groups is 1. The predicted molar refractivity (Wildman–Crippen MR) is 101 cm³/mol. The van der Waals surface area contributed by atoms with Crippen LogP contribution in [0.1, 0.15) is 44.7 Å². The van der Waals surface area contributed by atoms with Gasteiger partial charge >= 0.3 is 0 Å². The zero-order chi connectivity index (χ0) is 19.0. The van der Waals surface area contributed by atoms with E-state index in [9.17, 15) is 14.4 Å². The van der Waals surface area contributed by atoms with Gasteiger partial charge in [0, 0.05) is 19.1 Å². The normalized spacial score (nSPS) is 17.4.